The molecule has 0 aliphatic heterocycles. The van der Waals surface area contributed by atoms with Crippen molar-refractivity contribution in [2.45, 2.75) is 45.1 Å². The van der Waals surface area contributed by atoms with Crippen LogP contribution in [0.15, 0.2) is 4.99 Å². The molecule has 0 bridgehead atoms. The lowest BCUT2D eigenvalue weighted by molar-refractivity contribution is -0.121. The first-order valence-corrected chi connectivity index (χ1v) is 6.30. The van der Waals surface area contributed by atoms with Crippen molar-refractivity contribution in [3.05, 3.63) is 0 Å². The molecule has 0 heterocycles. The van der Waals surface area contributed by atoms with Crippen molar-refractivity contribution < 1.29 is 4.79 Å². The molecule has 1 amide bonds. The maximum absolute atomic E-state index is 11.4. The van der Waals surface area contributed by atoms with E-state index >= 15 is 0 Å². The molecule has 6 nitrogen and oxygen atoms in total. The zero-order chi connectivity index (χ0) is 12.5. The molecule has 1 aliphatic rings. The summed E-state index contributed by atoms with van der Waals surface area (Å²) in [4.78, 5) is 15.6. The number of rotatable bonds is 7. The molecule has 1 rings (SSSR count). The van der Waals surface area contributed by atoms with Crippen LogP contribution in [-0.2, 0) is 4.79 Å². The number of nitrogens with two attached hydrogens (primary N) is 1. The summed E-state index contributed by atoms with van der Waals surface area (Å²) in [5.74, 6) is 6.04. The summed E-state index contributed by atoms with van der Waals surface area (Å²) in [6.07, 6.45) is 4.58. The molecule has 6 heteroatoms. The predicted octanol–water partition coefficient (Wildman–Crippen LogP) is -0.136. The molecular formula is C11H23N5O. The average molecular weight is 241 g/mol. The van der Waals surface area contributed by atoms with Gasteiger partial charge in [0.15, 0.2) is 0 Å². The number of carbonyl (C=O) groups is 1. The van der Waals surface area contributed by atoms with Gasteiger partial charge in [0.25, 0.3) is 0 Å². The van der Waals surface area contributed by atoms with E-state index in [1.165, 1.54) is 0 Å². The summed E-state index contributed by atoms with van der Waals surface area (Å²) in [6, 6.07) is 0.447. The third-order valence-corrected chi connectivity index (χ3v) is 2.45. The van der Waals surface area contributed by atoms with E-state index in [0.717, 1.165) is 32.2 Å². The Balaban J connectivity index is 2.02. The zero-order valence-corrected chi connectivity index (χ0v) is 10.5. The Morgan fingerprint density at radius 2 is 2.24 bits per heavy atom. The minimum atomic E-state index is 0.141. The lowest BCUT2D eigenvalue weighted by Crippen LogP contribution is -2.42. The largest absolute Gasteiger partial charge is 0.355 e. The average Bonchev–Trinajstić information content (AvgIpc) is 3.12. The summed E-state index contributed by atoms with van der Waals surface area (Å²) < 4.78 is 0. The van der Waals surface area contributed by atoms with Gasteiger partial charge >= 0.3 is 0 Å². The number of hydrogen-bond donors (Lipinski definition) is 4. The van der Waals surface area contributed by atoms with Crippen LogP contribution in [0.3, 0.4) is 0 Å². The molecule has 5 N–H and O–H groups in total. The minimum Gasteiger partial charge on any atom is -0.355 e. The smallest absolute Gasteiger partial charge is 0.220 e. The molecule has 1 fully saturated rings. The van der Waals surface area contributed by atoms with Crippen LogP contribution in [0.5, 0.6) is 0 Å². The van der Waals surface area contributed by atoms with Crippen molar-refractivity contribution in [2.24, 2.45) is 10.8 Å². The normalized spacial score (nSPS) is 15.5. The standard InChI is InChI=1S/C11H23N5O/c1-2-7-13-11(16-12)14-8-3-4-10(17)15-9-5-6-9/h9H,2-8,12H2,1H3,(H,15,17)(H2,13,14,16). The SMILES string of the molecule is CCCN=C(NN)NCCCC(=O)NC1CC1. The Labute approximate surface area is 102 Å². The van der Waals surface area contributed by atoms with Gasteiger partial charge in [-0.05, 0) is 25.7 Å². The van der Waals surface area contributed by atoms with Crippen molar-refractivity contribution in [3.63, 3.8) is 0 Å². The van der Waals surface area contributed by atoms with Gasteiger partial charge in [-0.3, -0.25) is 15.2 Å². The summed E-state index contributed by atoms with van der Waals surface area (Å²) in [5, 5.41) is 6.02. The molecule has 0 radical (unpaired) electrons. The Morgan fingerprint density at radius 1 is 1.47 bits per heavy atom. The van der Waals surface area contributed by atoms with Crippen molar-refractivity contribution in [1.82, 2.24) is 16.1 Å². The third kappa shape index (κ3) is 6.78. The van der Waals surface area contributed by atoms with Crippen molar-refractivity contribution in [2.75, 3.05) is 13.1 Å². The van der Waals surface area contributed by atoms with Gasteiger partial charge in [0, 0.05) is 25.6 Å². The van der Waals surface area contributed by atoms with Gasteiger partial charge in [-0.15, -0.1) is 0 Å². The van der Waals surface area contributed by atoms with Crippen molar-refractivity contribution >= 4 is 11.9 Å². The van der Waals surface area contributed by atoms with Gasteiger partial charge in [-0.25, -0.2) is 5.84 Å². The fourth-order valence-electron chi connectivity index (χ4n) is 1.36. The maximum Gasteiger partial charge on any atom is 0.220 e. The second kappa shape index (κ2) is 7.89. The number of guanidine groups is 1. The Hall–Kier alpha value is -1.30. The number of nitrogens with zero attached hydrogens (tertiary/aromatic N) is 1. The van der Waals surface area contributed by atoms with E-state index in [1.54, 1.807) is 0 Å². The second-order valence-electron chi connectivity index (χ2n) is 4.25. The fraction of sp³-hybridized carbons (Fsp3) is 0.818. The molecule has 0 aromatic carbocycles. The van der Waals surface area contributed by atoms with Gasteiger partial charge in [-0.2, -0.15) is 0 Å². The highest BCUT2D eigenvalue weighted by Crippen LogP contribution is 2.18. The molecule has 0 atom stereocenters. The highest BCUT2D eigenvalue weighted by atomic mass is 16.1. The van der Waals surface area contributed by atoms with Crippen molar-refractivity contribution in [3.8, 4) is 0 Å². The predicted molar refractivity (Wildman–Crippen MR) is 68.3 cm³/mol. The number of nitrogens with one attached hydrogen (secondary N) is 3. The van der Waals surface area contributed by atoms with Gasteiger partial charge in [0.1, 0.15) is 0 Å². The van der Waals surface area contributed by atoms with Crippen LogP contribution < -0.4 is 21.9 Å². The maximum atomic E-state index is 11.4. The summed E-state index contributed by atoms with van der Waals surface area (Å²) in [7, 11) is 0. The Kier molecular flexibility index (Phi) is 6.39. The molecule has 0 unspecified atom stereocenters. The van der Waals surface area contributed by atoms with Crippen LogP contribution in [0.4, 0.5) is 0 Å². The van der Waals surface area contributed by atoms with E-state index in [2.05, 4.69) is 28.0 Å². The third-order valence-electron chi connectivity index (χ3n) is 2.45. The molecule has 98 valence electrons. The van der Waals surface area contributed by atoms with Crippen LogP contribution in [-0.4, -0.2) is 31.0 Å². The molecular weight excluding hydrogens is 218 g/mol. The van der Waals surface area contributed by atoms with E-state index in [1.807, 2.05) is 0 Å². The highest BCUT2D eigenvalue weighted by molar-refractivity contribution is 5.79. The van der Waals surface area contributed by atoms with Crippen LogP contribution in [0.2, 0.25) is 0 Å². The molecule has 0 aromatic heterocycles. The quantitative estimate of drug-likeness (QED) is 0.164. The second-order valence-corrected chi connectivity index (χ2v) is 4.25. The summed E-state index contributed by atoms with van der Waals surface area (Å²) in [6.45, 7) is 3.50. The monoisotopic (exact) mass is 241 g/mol. The number of hydrogen-bond acceptors (Lipinski definition) is 3. The molecule has 1 saturated carbocycles. The summed E-state index contributed by atoms with van der Waals surface area (Å²) in [5.41, 5.74) is 2.51. The number of carbonyl (C=O) groups excluding carboxylic acids is 1. The van der Waals surface area contributed by atoms with E-state index in [9.17, 15) is 4.79 Å². The first-order chi connectivity index (χ1) is 8.26. The molecule has 17 heavy (non-hydrogen) atoms. The lowest BCUT2D eigenvalue weighted by Gasteiger charge is -2.08. The Bertz CT molecular complexity index is 263. The van der Waals surface area contributed by atoms with Gasteiger partial charge in [0.2, 0.25) is 11.9 Å². The van der Waals surface area contributed by atoms with Crippen LogP contribution in [0, 0.1) is 0 Å². The molecule has 1 aliphatic carbocycles. The van der Waals surface area contributed by atoms with Crippen LogP contribution in [0.25, 0.3) is 0 Å². The van der Waals surface area contributed by atoms with Gasteiger partial charge in [-0.1, -0.05) is 6.92 Å². The lowest BCUT2D eigenvalue weighted by atomic mass is 10.3. The minimum absolute atomic E-state index is 0.141. The summed E-state index contributed by atoms with van der Waals surface area (Å²) >= 11 is 0. The first-order valence-electron chi connectivity index (χ1n) is 6.30. The van der Waals surface area contributed by atoms with Crippen LogP contribution >= 0.6 is 0 Å². The van der Waals surface area contributed by atoms with E-state index in [0.29, 0.717) is 25.0 Å². The zero-order valence-electron chi connectivity index (χ0n) is 10.5. The number of aliphatic imine (C=N–C) groups is 1. The number of amides is 1. The van der Waals surface area contributed by atoms with Gasteiger partial charge in [0.05, 0.1) is 0 Å². The molecule has 0 aromatic rings. The topological polar surface area (TPSA) is 91.5 Å². The van der Waals surface area contributed by atoms with Crippen LogP contribution in [0.1, 0.15) is 39.0 Å². The van der Waals surface area contributed by atoms with Crippen molar-refractivity contribution in [1.29, 1.82) is 0 Å². The molecule has 0 saturated heterocycles. The highest BCUT2D eigenvalue weighted by Gasteiger charge is 2.22. The van der Waals surface area contributed by atoms with Gasteiger partial charge < -0.3 is 10.6 Å². The number of hydrazine groups is 1. The fourth-order valence-corrected chi connectivity index (χ4v) is 1.36. The van der Waals surface area contributed by atoms with E-state index in [4.69, 9.17) is 5.84 Å². The van der Waals surface area contributed by atoms with E-state index < -0.39 is 0 Å². The Morgan fingerprint density at radius 3 is 2.82 bits per heavy atom. The molecule has 0 spiro atoms. The van der Waals surface area contributed by atoms with E-state index in [-0.39, 0.29) is 5.91 Å². The first kappa shape index (κ1) is 13.8.